The van der Waals surface area contributed by atoms with Crippen LogP contribution in [0.25, 0.3) is 0 Å². The predicted octanol–water partition coefficient (Wildman–Crippen LogP) is 1.67. The molecule has 1 heterocycles. The molecule has 4 nitrogen and oxygen atoms in total. The molecular formula is C13H18O4. The fourth-order valence-corrected chi connectivity index (χ4v) is 3.99. The second-order valence-corrected chi connectivity index (χ2v) is 5.57. The van der Waals surface area contributed by atoms with Crippen LogP contribution in [-0.4, -0.2) is 24.6 Å². The van der Waals surface area contributed by atoms with Crippen molar-refractivity contribution in [2.75, 3.05) is 6.61 Å². The summed E-state index contributed by atoms with van der Waals surface area (Å²) in [5.41, 5.74) is -0.318. The van der Waals surface area contributed by atoms with Crippen molar-refractivity contribution in [3.05, 3.63) is 0 Å². The number of esters is 2. The van der Waals surface area contributed by atoms with Crippen molar-refractivity contribution in [2.45, 2.75) is 45.1 Å². The molecule has 94 valence electrons. The summed E-state index contributed by atoms with van der Waals surface area (Å²) in [6.07, 6.45) is 4.07. The van der Waals surface area contributed by atoms with Crippen LogP contribution in [0.15, 0.2) is 0 Å². The molecular weight excluding hydrogens is 220 g/mol. The molecule has 0 N–H and O–H groups in total. The summed E-state index contributed by atoms with van der Waals surface area (Å²) in [5.74, 6) is 0.546. The van der Waals surface area contributed by atoms with E-state index in [-0.39, 0.29) is 29.4 Å². The molecule has 2 aliphatic carbocycles. The van der Waals surface area contributed by atoms with E-state index in [0.717, 1.165) is 25.7 Å². The van der Waals surface area contributed by atoms with Crippen LogP contribution < -0.4 is 0 Å². The molecule has 0 aromatic rings. The van der Waals surface area contributed by atoms with Gasteiger partial charge in [-0.3, -0.25) is 9.59 Å². The van der Waals surface area contributed by atoms with Crippen molar-refractivity contribution >= 4 is 11.9 Å². The van der Waals surface area contributed by atoms with Gasteiger partial charge in [-0.2, -0.15) is 0 Å². The number of carbonyl (C=O) groups is 2. The Bertz CT molecular complexity index is 364. The predicted molar refractivity (Wildman–Crippen MR) is 59.0 cm³/mol. The second-order valence-electron chi connectivity index (χ2n) is 5.57. The molecule has 0 radical (unpaired) electrons. The lowest BCUT2D eigenvalue weighted by Crippen LogP contribution is -2.41. The zero-order valence-corrected chi connectivity index (χ0v) is 10.1. The van der Waals surface area contributed by atoms with Crippen LogP contribution in [0.4, 0.5) is 0 Å². The van der Waals surface area contributed by atoms with Crippen molar-refractivity contribution in [3.63, 3.8) is 0 Å². The highest BCUT2D eigenvalue weighted by molar-refractivity contribution is 5.80. The lowest BCUT2D eigenvalue weighted by atomic mass is 9.71. The SMILES string of the molecule is CCC(=O)OC1CC2CC1C1(CCOC1=O)C2. The van der Waals surface area contributed by atoms with Gasteiger partial charge in [-0.1, -0.05) is 6.92 Å². The quantitative estimate of drug-likeness (QED) is 0.687. The third kappa shape index (κ3) is 1.49. The molecule has 0 amide bonds. The molecule has 1 saturated heterocycles. The molecule has 3 fully saturated rings. The Balaban J connectivity index is 1.78. The van der Waals surface area contributed by atoms with Gasteiger partial charge in [0.25, 0.3) is 0 Å². The molecule has 4 unspecified atom stereocenters. The summed E-state index contributed by atoms with van der Waals surface area (Å²) in [6, 6.07) is 0. The minimum atomic E-state index is -0.318. The van der Waals surface area contributed by atoms with Crippen molar-refractivity contribution in [2.24, 2.45) is 17.3 Å². The van der Waals surface area contributed by atoms with Crippen LogP contribution >= 0.6 is 0 Å². The number of ether oxygens (including phenoxy) is 2. The first-order valence-corrected chi connectivity index (χ1v) is 6.52. The van der Waals surface area contributed by atoms with E-state index in [4.69, 9.17) is 9.47 Å². The van der Waals surface area contributed by atoms with Crippen molar-refractivity contribution < 1.29 is 19.1 Å². The van der Waals surface area contributed by atoms with E-state index in [1.807, 2.05) is 0 Å². The van der Waals surface area contributed by atoms with Crippen LogP contribution in [-0.2, 0) is 19.1 Å². The third-order valence-electron chi connectivity index (χ3n) is 4.72. The van der Waals surface area contributed by atoms with E-state index in [1.165, 1.54) is 0 Å². The first-order chi connectivity index (χ1) is 8.15. The topological polar surface area (TPSA) is 52.6 Å². The van der Waals surface area contributed by atoms with Crippen molar-refractivity contribution in [1.29, 1.82) is 0 Å². The van der Waals surface area contributed by atoms with Crippen LogP contribution in [0.2, 0.25) is 0 Å². The molecule has 1 spiro atoms. The van der Waals surface area contributed by atoms with Gasteiger partial charge in [0.05, 0.1) is 12.0 Å². The van der Waals surface area contributed by atoms with Crippen LogP contribution in [0, 0.1) is 17.3 Å². The molecule has 2 bridgehead atoms. The fourth-order valence-electron chi connectivity index (χ4n) is 3.99. The highest BCUT2D eigenvalue weighted by Crippen LogP contribution is 2.60. The summed E-state index contributed by atoms with van der Waals surface area (Å²) in [5, 5.41) is 0. The third-order valence-corrected chi connectivity index (χ3v) is 4.72. The molecule has 0 aromatic heterocycles. The first kappa shape index (κ1) is 11.1. The van der Waals surface area contributed by atoms with Crippen LogP contribution in [0.3, 0.4) is 0 Å². The molecule has 0 aromatic carbocycles. The summed E-state index contributed by atoms with van der Waals surface area (Å²) in [4.78, 5) is 23.3. The highest BCUT2D eigenvalue weighted by Gasteiger charge is 2.63. The van der Waals surface area contributed by atoms with Gasteiger partial charge in [0.2, 0.25) is 0 Å². The number of rotatable bonds is 2. The summed E-state index contributed by atoms with van der Waals surface area (Å²) < 4.78 is 10.6. The molecule has 2 saturated carbocycles. The van der Waals surface area contributed by atoms with Gasteiger partial charge in [0.1, 0.15) is 6.10 Å². The number of hydrogen-bond acceptors (Lipinski definition) is 4. The summed E-state index contributed by atoms with van der Waals surface area (Å²) in [6.45, 7) is 2.34. The largest absolute Gasteiger partial charge is 0.465 e. The Labute approximate surface area is 101 Å². The second kappa shape index (κ2) is 3.72. The molecule has 4 heteroatoms. The summed E-state index contributed by atoms with van der Waals surface area (Å²) in [7, 11) is 0. The van der Waals surface area contributed by atoms with Gasteiger partial charge in [-0.25, -0.2) is 0 Å². The van der Waals surface area contributed by atoms with Crippen LogP contribution in [0.1, 0.15) is 39.0 Å². The number of carbonyl (C=O) groups excluding carboxylic acids is 2. The van der Waals surface area contributed by atoms with Crippen LogP contribution in [0.5, 0.6) is 0 Å². The van der Waals surface area contributed by atoms with Gasteiger partial charge in [0, 0.05) is 12.3 Å². The van der Waals surface area contributed by atoms with Crippen molar-refractivity contribution in [3.8, 4) is 0 Å². The normalized spacial score (nSPS) is 43.1. The first-order valence-electron chi connectivity index (χ1n) is 6.52. The zero-order chi connectivity index (χ0) is 12.0. The minimum Gasteiger partial charge on any atom is -0.465 e. The number of hydrogen-bond donors (Lipinski definition) is 0. The summed E-state index contributed by atoms with van der Waals surface area (Å²) >= 11 is 0. The van der Waals surface area contributed by atoms with Crippen molar-refractivity contribution in [1.82, 2.24) is 0 Å². The van der Waals surface area contributed by atoms with E-state index in [9.17, 15) is 9.59 Å². The van der Waals surface area contributed by atoms with Gasteiger partial charge < -0.3 is 9.47 Å². The van der Waals surface area contributed by atoms with Gasteiger partial charge in [0.15, 0.2) is 0 Å². The Morgan fingerprint density at radius 2 is 2.35 bits per heavy atom. The Morgan fingerprint density at radius 3 is 2.94 bits per heavy atom. The smallest absolute Gasteiger partial charge is 0.312 e. The molecule has 17 heavy (non-hydrogen) atoms. The maximum atomic E-state index is 11.9. The fraction of sp³-hybridized carbons (Fsp3) is 0.846. The maximum Gasteiger partial charge on any atom is 0.312 e. The molecule has 3 aliphatic rings. The zero-order valence-electron chi connectivity index (χ0n) is 10.1. The van der Waals surface area contributed by atoms with E-state index >= 15 is 0 Å². The number of cyclic esters (lactones) is 1. The Hall–Kier alpha value is -1.06. The molecule has 1 aliphatic heterocycles. The molecule has 4 atom stereocenters. The van der Waals surface area contributed by atoms with E-state index in [2.05, 4.69) is 0 Å². The van der Waals surface area contributed by atoms with Gasteiger partial charge in [-0.05, 0) is 31.6 Å². The van der Waals surface area contributed by atoms with Gasteiger partial charge in [-0.15, -0.1) is 0 Å². The minimum absolute atomic E-state index is 0.0492. The lowest BCUT2D eigenvalue weighted by Gasteiger charge is -2.34. The maximum absolute atomic E-state index is 11.9. The highest BCUT2D eigenvalue weighted by atomic mass is 16.6. The van der Waals surface area contributed by atoms with E-state index in [1.54, 1.807) is 6.92 Å². The monoisotopic (exact) mass is 238 g/mol. The van der Waals surface area contributed by atoms with E-state index < -0.39 is 0 Å². The number of fused-ring (bicyclic) bond motifs is 3. The molecule has 3 rings (SSSR count). The lowest BCUT2D eigenvalue weighted by molar-refractivity contribution is -0.161. The average Bonchev–Trinajstić information content (AvgIpc) is 2.95. The standard InChI is InChI=1S/C13H18O4/c1-2-11(14)17-10-6-8-5-9(10)13(7-8)3-4-16-12(13)15/h8-10H,2-7H2,1H3. The Morgan fingerprint density at radius 1 is 1.53 bits per heavy atom. The Kier molecular flexibility index (Phi) is 2.42. The average molecular weight is 238 g/mol. The van der Waals surface area contributed by atoms with Gasteiger partial charge >= 0.3 is 11.9 Å². The van der Waals surface area contributed by atoms with E-state index in [0.29, 0.717) is 18.9 Å².